The summed E-state index contributed by atoms with van der Waals surface area (Å²) in [6.45, 7) is 2.18. The number of rotatable bonds is 2. The summed E-state index contributed by atoms with van der Waals surface area (Å²) < 4.78 is 0. The minimum Gasteiger partial charge on any atom is -0.389 e. The van der Waals surface area contributed by atoms with Crippen LogP contribution in [0, 0.1) is 5.92 Å². The molecule has 80 valence electrons. The third-order valence-electron chi connectivity index (χ3n) is 3.92. The summed E-state index contributed by atoms with van der Waals surface area (Å²) in [7, 11) is 0. The highest BCUT2D eigenvalue weighted by molar-refractivity contribution is 7.99. The monoisotopic (exact) mass is 220 g/mol. The summed E-state index contributed by atoms with van der Waals surface area (Å²) in [5.74, 6) is 1.98. The summed E-state index contributed by atoms with van der Waals surface area (Å²) in [5, 5.41) is 10.5. The fourth-order valence-corrected chi connectivity index (χ4v) is 4.20. The first-order valence-corrected chi connectivity index (χ1v) is 6.68. The lowest BCUT2D eigenvalue weighted by Crippen LogP contribution is -2.22. The average molecular weight is 220 g/mol. The Hall–Kier alpha value is -0.470. The van der Waals surface area contributed by atoms with Crippen LogP contribution in [0.25, 0.3) is 0 Å². The Morgan fingerprint density at radius 3 is 3.00 bits per heavy atom. The molecule has 1 aromatic carbocycles. The van der Waals surface area contributed by atoms with Gasteiger partial charge < -0.3 is 5.11 Å². The summed E-state index contributed by atoms with van der Waals surface area (Å²) in [4.78, 5) is 1.37. The molecular weight excluding hydrogens is 204 g/mol. The van der Waals surface area contributed by atoms with E-state index in [0.717, 1.165) is 18.6 Å². The van der Waals surface area contributed by atoms with Crippen LogP contribution in [0.1, 0.15) is 31.2 Å². The van der Waals surface area contributed by atoms with Gasteiger partial charge in [0, 0.05) is 16.6 Å². The Kier molecular flexibility index (Phi) is 2.12. The van der Waals surface area contributed by atoms with Crippen LogP contribution in [-0.4, -0.2) is 16.5 Å². The van der Waals surface area contributed by atoms with E-state index in [-0.39, 0.29) is 5.60 Å². The molecule has 2 aliphatic rings. The van der Waals surface area contributed by atoms with Crippen molar-refractivity contribution in [1.29, 1.82) is 0 Å². The van der Waals surface area contributed by atoms with Crippen LogP contribution in [0.2, 0.25) is 0 Å². The van der Waals surface area contributed by atoms with Gasteiger partial charge in [0.05, 0.1) is 5.60 Å². The van der Waals surface area contributed by atoms with Gasteiger partial charge in [0.15, 0.2) is 0 Å². The van der Waals surface area contributed by atoms with Crippen LogP contribution in [0.15, 0.2) is 29.2 Å². The van der Waals surface area contributed by atoms with Crippen LogP contribution >= 0.6 is 11.8 Å². The summed E-state index contributed by atoms with van der Waals surface area (Å²) in [6.07, 6.45) is 2.11. The van der Waals surface area contributed by atoms with Crippen molar-refractivity contribution in [2.75, 3.05) is 5.75 Å². The molecule has 1 aliphatic carbocycles. The molecule has 1 aromatic rings. The molecule has 0 bridgehead atoms. The van der Waals surface area contributed by atoms with Gasteiger partial charge in [-0.05, 0) is 24.0 Å². The van der Waals surface area contributed by atoms with Gasteiger partial charge in [-0.25, -0.2) is 0 Å². The second-order valence-electron chi connectivity index (χ2n) is 4.70. The van der Waals surface area contributed by atoms with Gasteiger partial charge in [-0.1, -0.05) is 31.5 Å². The van der Waals surface area contributed by atoms with E-state index in [1.165, 1.54) is 10.5 Å². The second-order valence-corrected chi connectivity index (χ2v) is 5.76. The van der Waals surface area contributed by atoms with Gasteiger partial charge in [-0.3, -0.25) is 0 Å². The van der Waals surface area contributed by atoms with Gasteiger partial charge in [-0.15, -0.1) is 11.8 Å². The van der Waals surface area contributed by atoms with E-state index in [2.05, 4.69) is 31.2 Å². The molecule has 0 aromatic heterocycles. The van der Waals surface area contributed by atoms with Crippen molar-refractivity contribution in [2.45, 2.75) is 36.2 Å². The molecule has 1 nitrogen and oxygen atoms in total. The van der Waals surface area contributed by atoms with E-state index >= 15 is 0 Å². The maximum Gasteiger partial charge on any atom is 0.0757 e. The average Bonchev–Trinajstić information content (AvgIpc) is 2.76. The quantitative estimate of drug-likeness (QED) is 0.826. The van der Waals surface area contributed by atoms with Crippen LogP contribution in [-0.2, 0) is 0 Å². The minimum atomic E-state index is -0.381. The molecule has 0 spiro atoms. The van der Waals surface area contributed by atoms with Gasteiger partial charge in [0.2, 0.25) is 0 Å². The molecule has 1 aliphatic heterocycles. The van der Waals surface area contributed by atoms with E-state index in [9.17, 15) is 5.11 Å². The molecule has 1 saturated carbocycles. The third kappa shape index (κ3) is 1.35. The number of thioether (sulfide) groups is 1. The number of hydrogen-bond donors (Lipinski definition) is 1. The molecular formula is C13H16OS. The van der Waals surface area contributed by atoms with Crippen molar-refractivity contribution in [3.8, 4) is 0 Å². The number of benzene rings is 1. The van der Waals surface area contributed by atoms with Crippen molar-refractivity contribution in [1.82, 2.24) is 0 Å². The standard InChI is InChI=1S/C13H16OS/c1-2-9-7-13(9,14)11-8-15-12-6-4-3-5-10(11)12/h3-6,9,11,14H,2,7-8H2,1H3. The smallest absolute Gasteiger partial charge is 0.0757 e. The lowest BCUT2D eigenvalue weighted by Gasteiger charge is -2.19. The van der Waals surface area contributed by atoms with Gasteiger partial charge in [-0.2, -0.15) is 0 Å². The Bertz CT molecular complexity index is 390. The normalized spacial score (nSPS) is 37.7. The van der Waals surface area contributed by atoms with Crippen molar-refractivity contribution >= 4 is 11.8 Å². The van der Waals surface area contributed by atoms with E-state index in [4.69, 9.17) is 0 Å². The SMILES string of the molecule is CCC1CC1(O)C1CSc2ccccc21. The Balaban J connectivity index is 1.92. The maximum atomic E-state index is 10.5. The predicted molar refractivity (Wildman–Crippen MR) is 63.3 cm³/mol. The molecule has 0 radical (unpaired) electrons. The first-order chi connectivity index (χ1) is 7.25. The fourth-order valence-electron chi connectivity index (χ4n) is 2.84. The molecule has 2 heteroatoms. The zero-order valence-electron chi connectivity index (χ0n) is 8.94. The van der Waals surface area contributed by atoms with Crippen LogP contribution in [0.3, 0.4) is 0 Å². The number of hydrogen-bond acceptors (Lipinski definition) is 2. The van der Waals surface area contributed by atoms with E-state index in [1.807, 2.05) is 11.8 Å². The predicted octanol–water partition coefficient (Wildman–Crippen LogP) is 3.04. The second kappa shape index (κ2) is 3.26. The Morgan fingerprint density at radius 2 is 2.27 bits per heavy atom. The molecule has 15 heavy (non-hydrogen) atoms. The van der Waals surface area contributed by atoms with E-state index in [0.29, 0.717) is 11.8 Å². The lowest BCUT2D eigenvalue weighted by molar-refractivity contribution is 0.107. The van der Waals surface area contributed by atoms with Gasteiger partial charge >= 0.3 is 0 Å². The highest BCUT2D eigenvalue weighted by atomic mass is 32.2. The summed E-state index contributed by atoms with van der Waals surface area (Å²) in [5.41, 5.74) is 0.995. The van der Waals surface area contributed by atoms with Crippen molar-refractivity contribution in [3.63, 3.8) is 0 Å². The molecule has 1 N–H and O–H groups in total. The Morgan fingerprint density at radius 1 is 1.47 bits per heavy atom. The molecule has 0 amide bonds. The summed E-state index contributed by atoms with van der Waals surface area (Å²) >= 11 is 1.90. The van der Waals surface area contributed by atoms with Crippen LogP contribution in [0.5, 0.6) is 0 Å². The van der Waals surface area contributed by atoms with Crippen LogP contribution in [0.4, 0.5) is 0 Å². The zero-order chi connectivity index (χ0) is 10.5. The highest BCUT2D eigenvalue weighted by Crippen LogP contribution is 2.59. The first kappa shape index (κ1) is 9.73. The van der Waals surface area contributed by atoms with E-state index < -0.39 is 0 Å². The first-order valence-electron chi connectivity index (χ1n) is 5.70. The third-order valence-corrected chi connectivity index (χ3v) is 5.10. The largest absolute Gasteiger partial charge is 0.389 e. The topological polar surface area (TPSA) is 20.2 Å². The molecule has 0 saturated heterocycles. The lowest BCUT2D eigenvalue weighted by atomic mass is 9.91. The molecule has 1 heterocycles. The van der Waals surface area contributed by atoms with E-state index in [1.54, 1.807) is 0 Å². The summed E-state index contributed by atoms with van der Waals surface area (Å²) in [6, 6.07) is 8.53. The molecule has 3 rings (SSSR count). The van der Waals surface area contributed by atoms with Crippen LogP contribution < -0.4 is 0 Å². The zero-order valence-corrected chi connectivity index (χ0v) is 9.76. The maximum absolute atomic E-state index is 10.5. The van der Waals surface area contributed by atoms with Gasteiger partial charge in [0.1, 0.15) is 0 Å². The highest BCUT2D eigenvalue weighted by Gasteiger charge is 2.58. The Labute approximate surface area is 94.9 Å². The molecule has 3 atom stereocenters. The van der Waals surface area contributed by atoms with Crippen molar-refractivity contribution < 1.29 is 5.11 Å². The molecule has 1 fully saturated rings. The fraction of sp³-hybridized carbons (Fsp3) is 0.538. The number of fused-ring (bicyclic) bond motifs is 1. The van der Waals surface area contributed by atoms with Gasteiger partial charge in [0.25, 0.3) is 0 Å². The number of aliphatic hydroxyl groups is 1. The minimum absolute atomic E-state index is 0.378. The molecule has 3 unspecified atom stereocenters. The van der Waals surface area contributed by atoms with Crippen molar-refractivity contribution in [2.24, 2.45) is 5.92 Å². The van der Waals surface area contributed by atoms with Crippen molar-refractivity contribution in [3.05, 3.63) is 29.8 Å².